The Bertz CT molecular complexity index is 368. The minimum Gasteiger partial charge on any atom is -0.395 e. The minimum atomic E-state index is 0.0892. The van der Waals surface area contributed by atoms with Gasteiger partial charge in [0, 0.05) is 19.6 Å². The number of amides is 1. The highest BCUT2D eigenvalue weighted by Gasteiger charge is 2.15. The summed E-state index contributed by atoms with van der Waals surface area (Å²) in [6.07, 6.45) is 0. The van der Waals surface area contributed by atoms with Gasteiger partial charge in [-0.1, -0.05) is 37.3 Å². The van der Waals surface area contributed by atoms with E-state index in [1.807, 2.05) is 54.0 Å². The number of aliphatic hydroxyl groups is 1. The van der Waals surface area contributed by atoms with Crippen molar-refractivity contribution >= 4 is 5.91 Å². The van der Waals surface area contributed by atoms with Gasteiger partial charge >= 0.3 is 0 Å². The highest BCUT2D eigenvalue weighted by Crippen LogP contribution is 2.05. The molecule has 0 unspecified atom stereocenters. The maximum atomic E-state index is 12.2. The Morgan fingerprint density at radius 3 is 2.37 bits per heavy atom. The SMILES string of the molecule is CCN(CCO)CC(=O)N(CC)Cc1ccccc1. The zero-order chi connectivity index (χ0) is 14.1. The van der Waals surface area contributed by atoms with Crippen molar-refractivity contribution in [2.24, 2.45) is 0 Å². The van der Waals surface area contributed by atoms with Gasteiger partial charge in [-0.05, 0) is 19.0 Å². The van der Waals surface area contributed by atoms with Gasteiger partial charge in [-0.25, -0.2) is 0 Å². The molecular weight excluding hydrogens is 240 g/mol. The van der Waals surface area contributed by atoms with Crippen molar-refractivity contribution in [1.29, 1.82) is 0 Å². The van der Waals surface area contributed by atoms with Crippen molar-refractivity contribution < 1.29 is 9.90 Å². The molecule has 0 aliphatic rings. The summed E-state index contributed by atoms with van der Waals surface area (Å²) < 4.78 is 0. The third-order valence-corrected chi connectivity index (χ3v) is 3.17. The van der Waals surface area contributed by atoms with Crippen LogP contribution >= 0.6 is 0 Å². The first kappa shape index (κ1) is 15.7. The number of likely N-dealkylation sites (N-methyl/N-ethyl adjacent to an activating group) is 2. The van der Waals surface area contributed by atoms with Crippen LogP contribution in [0.2, 0.25) is 0 Å². The van der Waals surface area contributed by atoms with E-state index in [4.69, 9.17) is 5.11 Å². The molecule has 1 aromatic rings. The van der Waals surface area contributed by atoms with Crippen LogP contribution in [0.25, 0.3) is 0 Å². The van der Waals surface area contributed by atoms with Crippen LogP contribution in [0.4, 0.5) is 0 Å². The zero-order valence-corrected chi connectivity index (χ0v) is 11.9. The molecule has 0 heterocycles. The number of benzene rings is 1. The second-order valence-corrected chi connectivity index (χ2v) is 4.49. The lowest BCUT2D eigenvalue weighted by Gasteiger charge is -2.25. The smallest absolute Gasteiger partial charge is 0.237 e. The number of carbonyl (C=O) groups excluding carboxylic acids is 1. The summed E-state index contributed by atoms with van der Waals surface area (Å²) in [5, 5.41) is 8.95. The van der Waals surface area contributed by atoms with Gasteiger partial charge in [0.15, 0.2) is 0 Å². The van der Waals surface area contributed by atoms with E-state index in [0.29, 0.717) is 26.2 Å². The summed E-state index contributed by atoms with van der Waals surface area (Å²) in [4.78, 5) is 16.0. The predicted octanol–water partition coefficient (Wildman–Crippen LogP) is 1.35. The Kier molecular flexibility index (Phi) is 7.15. The third kappa shape index (κ3) is 5.41. The molecule has 0 saturated carbocycles. The summed E-state index contributed by atoms with van der Waals surface area (Å²) >= 11 is 0. The van der Waals surface area contributed by atoms with E-state index in [0.717, 1.165) is 12.1 Å². The summed E-state index contributed by atoms with van der Waals surface area (Å²) in [5.74, 6) is 0.113. The van der Waals surface area contributed by atoms with E-state index in [1.54, 1.807) is 0 Å². The molecule has 0 aliphatic carbocycles. The first-order chi connectivity index (χ1) is 9.21. The molecule has 4 heteroatoms. The Balaban J connectivity index is 2.56. The monoisotopic (exact) mass is 264 g/mol. The lowest BCUT2D eigenvalue weighted by molar-refractivity contribution is -0.132. The maximum Gasteiger partial charge on any atom is 0.237 e. The second-order valence-electron chi connectivity index (χ2n) is 4.49. The summed E-state index contributed by atoms with van der Waals surface area (Å²) in [5.41, 5.74) is 1.14. The number of hydrogen-bond donors (Lipinski definition) is 1. The van der Waals surface area contributed by atoms with E-state index >= 15 is 0 Å². The fourth-order valence-electron chi connectivity index (χ4n) is 1.96. The summed E-state index contributed by atoms with van der Waals surface area (Å²) in [6.45, 7) is 7.11. The molecule has 0 fully saturated rings. The molecule has 4 nitrogen and oxygen atoms in total. The van der Waals surface area contributed by atoms with Gasteiger partial charge in [0.25, 0.3) is 0 Å². The molecule has 1 aromatic carbocycles. The first-order valence-electron chi connectivity index (χ1n) is 6.86. The van der Waals surface area contributed by atoms with Crippen LogP contribution in [0, 0.1) is 0 Å². The van der Waals surface area contributed by atoms with E-state index in [9.17, 15) is 4.79 Å². The number of hydrogen-bond acceptors (Lipinski definition) is 3. The Hall–Kier alpha value is -1.39. The Morgan fingerprint density at radius 1 is 1.16 bits per heavy atom. The van der Waals surface area contributed by atoms with Crippen molar-refractivity contribution in [2.45, 2.75) is 20.4 Å². The van der Waals surface area contributed by atoms with E-state index < -0.39 is 0 Å². The Labute approximate surface area is 115 Å². The molecule has 0 saturated heterocycles. The predicted molar refractivity (Wildman–Crippen MR) is 76.7 cm³/mol. The zero-order valence-electron chi connectivity index (χ0n) is 11.9. The third-order valence-electron chi connectivity index (χ3n) is 3.17. The van der Waals surface area contributed by atoms with Crippen LogP contribution in [0.3, 0.4) is 0 Å². The van der Waals surface area contributed by atoms with Gasteiger partial charge in [-0.3, -0.25) is 9.69 Å². The normalized spacial score (nSPS) is 10.7. The molecule has 19 heavy (non-hydrogen) atoms. The van der Waals surface area contributed by atoms with Crippen LogP contribution in [-0.2, 0) is 11.3 Å². The van der Waals surface area contributed by atoms with Gasteiger partial charge in [-0.15, -0.1) is 0 Å². The fourth-order valence-corrected chi connectivity index (χ4v) is 1.96. The second kappa shape index (κ2) is 8.67. The van der Waals surface area contributed by atoms with Crippen LogP contribution in [0.1, 0.15) is 19.4 Å². The van der Waals surface area contributed by atoms with Gasteiger partial charge in [0.05, 0.1) is 13.2 Å². The maximum absolute atomic E-state index is 12.2. The van der Waals surface area contributed by atoms with Crippen molar-refractivity contribution in [3.05, 3.63) is 35.9 Å². The molecular formula is C15H24N2O2. The fraction of sp³-hybridized carbons (Fsp3) is 0.533. The number of carbonyl (C=O) groups is 1. The molecule has 1 amide bonds. The molecule has 0 atom stereocenters. The highest BCUT2D eigenvalue weighted by atomic mass is 16.3. The molecule has 0 spiro atoms. The number of aliphatic hydroxyl groups excluding tert-OH is 1. The molecule has 0 aromatic heterocycles. The lowest BCUT2D eigenvalue weighted by Crippen LogP contribution is -2.40. The molecule has 1 N–H and O–H groups in total. The summed E-state index contributed by atoms with van der Waals surface area (Å²) in [7, 11) is 0. The number of nitrogens with zero attached hydrogens (tertiary/aromatic N) is 2. The highest BCUT2D eigenvalue weighted by molar-refractivity contribution is 5.78. The van der Waals surface area contributed by atoms with Gasteiger partial charge in [0.2, 0.25) is 5.91 Å². The lowest BCUT2D eigenvalue weighted by atomic mass is 10.2. The minimum absolute atomic E-state index is 0.0892. The topological polar surface area (TPSA) is 43.8 Å². The van der Waals surface area contributed by atoms with Crippen LogP contribution in [0.15, 0.2) is 30.3 Å². The average Bonchev–Trinajstić information content (AvgIpc) is 2.45. The standard InChI is InChI=1S/C15H24N2O2/c1-3-16(10-11-18)13-15(19)17(4-2)12-14-8-6-5-7-9-14/h5-9,18H,3-4,10-13H2,1-2H3. The van der Waals surface area contributed by atoms with Crippen molar-refractivity contribution in [3.8, 4) is 0 Å². The first-order valence-corrected chi connectivity index (χ1v) is 6.86. The van der Waals surface area contributed by atoms with E-state index in [-0.39, 0.29) is 12.5 Å². The molecule has 0 radical (unpaired) electrons. The van der Waals surface area contributed by atoms with E-state index in [2.05, 4.69) is 0 Å². The number of rotatable bonds is 8. The van der Waals surface area contributed by atoms with Crippen molar-refractivity contribution in [3.63, 3.8) is 0 Å². The molecule has 1 rings (SSSR count). The quantitative estimate of drug-likeness (QED) is 0.771. The van der Waals surface area contributed by atoms with Crippen LogP contribution in [-0.4, -0.2) is 53.6 Å². The Morgan fingerprint density at radius 2 is 1.84 bits per heavy atom. The van der Waals surface area contributed by atoms with Gasteiger partial charge < -0.3 is 10.0 Å². The molecule has 0 bridgehead atoms. The largest absolute Gasteiger partial charge is 0.395 e. The van der Waals surface area contributed by atoms with Crippen molar-refractivity contribution in [1.82, 2.24) is 9.80 Å². The van der Waals surface area contributed by atoms with Crippen LogP contribution < -0.4 is 0 Å². The van der Waals surface area contributed by atoms with Crippen molar-refractivity contribution in [2.75, 3.05) is 32.8 Å². The van der Waals surface area contributed by atoms with Gasteiger partial charge in [-0.2, -0.15) is 0 Å². The molecule has 0 aliphatic heterocycles. The molecule has 106 valence electrons. The average molecular weight is 264 g/mol. The van der Waals surface area contributed by atoms with E-state index in [1.165, 1.54) is 0 Å². The van der Waals surface area contributed by atoms with Crippen LogP contribution in [0.5, 0.6) is 0 Å². The summed E-state index contributed by atoms with van der Waals surface area (Å²) in [6, 6.07) is 10.00. The van der Waals surface area contributed by atoms with Gasteiger partial charge in [0.1, 0.15) is 0 Å².